The molecule has 7 nitrogen and oxygen atoms in total. The van der Waals surface area contributed by atoms with Gasteiger partial charge in [-0.1, -0.05) is 24.3 Å². The Hall–Kier alpha value is -3.87. The number of para-hydroxylation sites is 1. The Morgan fingerprint density at radius 3 is 2.71 bits per heavy atom. The van der Waals surface area contributed by atoms with E-state index in [-0.39, 0.29) is 19.3 Å². The minimum absolute atomic E-state index is 0.128. The molecule has 1 aliphatic carbocycles. The molecule has 1 fully saturated rings. The summed E-state index contributed by atoms with van der Waals surface area (Å²) in [6.45, 7) is 1.47. The van der Waals surface area contributed by atoms with Crippen molar-refractivity contribution in [3.8, 4) is 11.5 Å². The molecule has 0 atom stereocenters. The minimum atomic E-state index is -0.463. The zero-order chi connectivity index (χ0) is 23.8. The number of esters is 1. The summed E-state index contributed by atoms with van der Waals surface area (Å²) in [5.41, 5.74) is 5.00. The summed E-state index contributed by atoms with van der Waals surface area (Å²) >= 11 is 0. The highest BCUT2D eigenvalue weighted by Gasteiger charge is 2.28. The van der Waals surface area contributed by atoms with Crippen LogP contribution in [0.4, 0.5) is 0 Å². The first-order chi connectivity index (χ1) is 17.2. The van der Waals surface area contributed by atoms with Crippen LogP contribution in [0.15, 0.2) is 42.5 Å². The van der Waals surface area contributed by atoms with Crippen LogP contribution >= 0.6 is 0 Å². The maximum atomic E-state index is 13.3. The number of carbonyl (C=O) groups excluding carboxylic acids is 2. The lowest BCUT2D eigenvalue weighted by atomic mass is 10.0. The number of nitrogens with zero attached hydrogens (tertiary/aromatic N) is 2. The molecule has 2 aromatic carbocycles. The topological polar surface area (TPSA) is 78.0 Å². The second-order valence-corrected chi connectivity index (χ2v) is 9.13. The summed E-state index contributed by atoms with van der Waals surface area (Å²) < 4.78 is 16.5. The minimum Gasteiger partial charge on any atom is -0.454 e. The van der Waals surface area contributed by atoms with E-state index in [2.05, 4.69) is 6.08 Å². The van der Waals surface area contributed by atoms with E-state index < -0.39 is 5.97 Å². The number of amides is 1. The Bertz CT molecular complexity index is 1360. The van der Waals surface area contributed by atoms with Gasteiger partial charge in [0.25, 0.3) is 5.91 Å². The molecule has 3 heterocycles. The first-order valence-corrected chi connectivity index (χ1v) is 12.1. The highest BCUT2D eigenvalue weighted by molar-refractivity contribution is 6.07. The van der Waals surface area contributed by atoms with Gasteiger partial charge in [-0.05, 0) is 73.1 Å². The van der Waals surface area contributed by atoms with E-state index in [1.54, 1.807) is 4.90 Å². The summed E-state index contributed by atoms with van der Waals surface area (Å²) in [5, 5.41) is 0.756. The predicted octanol–water partition coefficient (Wildman–Crippen LogP) is 4.62. The first-order valence-electron chi connectivity index (χ1n) is 12.1. The molecule has 1 aromatic heterocycles. The Morgan fingerprint density at radius 2 is 1.83 bits per heavy atom. The molecule has 0 radical (unpaired) electrons. The van der Waals surface area contributed by atoms with Crippen LogP contribution in [0, 0.1) is 0 Å². The number of fused-ring (bicyclic) bond motifs is 3. The Labute approximate surface area is 203 Å². The van der Waals surface area contributed by atoms with Gasteiger partial charge in [-0.15, -0.1) is 0 Å². The zero-order valence-electron chi connectivity index (χ0n) is 19.4. The summed E-state index contributed by atoms with van der Waals surface area (Å²) in [7, 11) is 0. The first kappa shape index (κ1) is 21.6. The zero-order valence-corrected chi connectivity index (χ0v) is 19.4. The van der Waals surface area contributed by atoms with Gasteiger partial charge < -0.3 is 19.1 Å². The molecule has 0 bridgehead atoms. The van der Waals surface area contributed by atoms with Gasteiger partial charge >= 0.3 is 5.97 Å². The largest absolute Gasteiger partial charge is 0.454 e. The van der Waals surface area contributed by atoms with Crippen LogP contribution in [0.1, 0.15) is 52.9 Å². The lowest BCUT2D eigenvalue weighted by Crippen LogP contribution is -2.38. The normalized spacial score (nSPS) is 17.6. The number of hydrogen-bond donors (Lipinski definition) is 0. The fourth-order valence-corrected chi connectivity index (χ4v) is 5.15. The molecule has 1 amide bonds. The van der Waals surface area contributed by atoms with E-state index in [0.29, 0.717) is 12.0 Å². The van der Waals surface area contributed by atoms with Gasteiger partial charge in [0.2, 0.25) is 6.79 Å². The highest BCUT2D eigenvalue weighted by atomic mass is 16.7. The number of rotatable bonds is 4. The Kier molecular flexibility index (Phi) is 5.60. The molecule has 7 heteroatoms. The molecule has 35 heavy (non-hydrogen) atoms. The summed E-state index contributed by atoms with van der Waals surface area (Å²) in [4.78, 5) is 32.6. The molecule has 0 saturated carbocycles. The van der Waals surface area contributed by atoms with Crippen LogP contribution in [-0.4, -0.2) is 48.2 Å². The van der Waals surface area contributed by atoms with Crippen LogP contribution in [0.2, 0.25) is 0 Å². The third-order valence-corrected chi connectivity index (χ3v) is 6.92. The van der Waals surface area contributed by atoms with Gasteiger partial charge in [-0.3, -0.25) is 4.79 Å². The van der Waals surface area contributed by atoms with Crippen molar-refractivity contribution in [1.29, 1.82) is 0 Å². The van der Waals surface area contributed by atoms with Gasteiger partial charge in [0.05, 0.1) is 16.8 Å². The van der Waals surface area contributed by atoms with E-state index in [1.165, 1.54) is 0 Å². The van der Waals surface area contributed by atoms with E-state index in [0.717, 1.165) is 83.6 Å². The number of piperidine rings is 1. The summed E-state index contributed by atoms with van der Waals surface area (Å²) in [5.74, 6) is 0.880. The molecule has 3 aliphatic rings. The second kappa shape index (κ2) is 9.06. The summed E-state index contributed by atoms with van der Waals surface area (Å²) in [6.07, 6.45) is 6.68. The van der Waals surface area contributed by atoms with Crippen molar-refractivity contribution in [2.24, 2.45) is 0 Å². The number of pyridine rings is 1. The van der Waals surface area contributed by atoms with Crippen molar-refractivity contribution >= 4 is 34.4 Å². The quantitative estimate of drug-likeness (QED) is 0.518. The average molecular weight is 471 g/mol. The molecule has 0 unspecified atom stereocenters. The number of carbonyl (C=O) groups is 2. The molecule has 0 spiro atoms. The fraction of sp³-hybridized carbons (Fsp3) is 0.321. The van der Waals surface area contributed by atoms with E-state index in [9.17, 15) is 9.59 Å². The average Bonchev–Trinajstić information content (AvgIpc) is 3.53. The molecule has 1 saturated heterocycles. The van der Waals surface area contributed by atoms with E-state index in [4.69, 9.17) is 19.2 Å². The third kappa shape index (κ3) is 4.11. The van der Waals surface area contributed by atoms with Gasteiger partial charge in [0.15, 0.2) is 18.1 Å². The number of hydrogen-bond acceptors (Lipinski definition) is 6. The van der Waals surface area contributed by atoms with Crippen LogP contribution in [0.25, 0.3) is 22.6 Å². The molecule has 2 aliphatic heterocycles. The number of benzene rings is 2. The maximum Gasteiger partial charge on any atom is 0.339 e. The van der Waals surface area contributed by atoms with Crippen LogP contribution in [-0.2, 0) is 16.0 Å². The maximum absolute atomic E-state index is 13.3. The Morgan fingerprint density at radius 1 is 1.00 bits per heavy atom. The van der Waals surface area contributed by atoms with Gasteiger partial charge in [-0.2, -0.15) is 0 Å². The van der Waals surface area contributed by atoms with Crippen molar-refractivity contribution in [1.82, 2.24) is 9.88 Å². The standard InChI is InChI=1S/C28H26N2O5/c31-25(30-12-4-1-5-13-30)16-33-28(32)26-20-6-2-3-7-22(20)29-27-19(9-10-21(26)27)14-18-8-11-23-24(15-18)35-17-34-23/h2-3,6-8,11,14-15H,1,4-5,9-10,12-13,16-17H2/b19-14-. The van der Waals surface area contributed by atoms with Gasteiger partial charge in [0.1, 0.15) is 0 Å². The number of ether oxygens (including phenoxy) is 3. The van der Waals surface area contributed by atoms with Crippen molar-refractivity contribution in [3.63, 3.8) is 0 Å². The lowest BCUT2D eigenvalue weighted by molar-refractivity contribution is -0.135. The monoisotopic (exact) mass is 470 g/mol. The predicted molar refractivity (Wildman–Crippen MR) is 131 cm³/mol. The van der Waals surface area contributed by atoms with Crippen molar-refractivity contribution in [2.75, 3.05) is 26.5 Å². The van der Waals surface area contributed by atoms with Crippen molar-refractivity contribution < 1.29 is 23.8 Å². The van der Waals surface area contributed by atoms with Crippen molar-refractivity contribution in [3.05, 3.63) is 64.8 Å². The SMILES string of the molecule is O=C(OCC(=O)N1CCCCC1)c1c2c(nc3ccccc13)/C(=C\c1ccc3c(c1)OCO3)CC2. The lowest BCUT2D eigenvalue weighted by Gasteiger charge is -2.26. The van der Waals surface area contributed by atoms with Gasteiger partial charge in [0, 0.05) is 18.5 Å². The van der Waals surface area contributed by atoms with Crippen LogP contribution < -0.4 is 9.47 Å². The summed E-state index contributed by atoms with van der Waals surface area (Å²) in [6, 6.07) is 13.4. The molecule has 6 rings (SSSR count). The van der Waals surface area contributed by atoms with Crippen molar-refractivity contribution in [2.45, 2.75) is 32.1 Å². The molecule has 3 aromatic rings. The number of allylic oxidation sites excluding steroid dienone is 1. The van der Waals surface area contributed by atoms with E-state index in [1.807, 2.05) is 42.5 Å². The third-order valence-electron chi connectivity index (χ3n) is 6.92. The number of likely N-dealkylation sites (tertiary alicyclic amines) is 1. The second-order valence-electron chi connectivity index (χ2n) is 9.13. The smallest absolute Gasteiger partial charge is 0.339 e. The highest BCUT2D eigenvalue weighted by Crippen LogP contribution is 2.39. The van der Waals surface area contributed by atoms with Crippen LogP contribution in [0.3, 0.4) is 0 Å². The Balaban J connectivity index is 1.32. The van der Waals surface area contributed by atoms with Crippen LogP contribution in [0.5, 0.6) is 11.5 Å². The molecule has 0 N–H and O–H groups in total. The molecular weight excluding hydrogens is 444 g/mol. The van der Waals surface area contributed by atoms with Gasteiger partial charge in [-0.25, -0.2) is 9.78 Å². The number of aromatic nitrogens is 1. The molecule has 178 valence electrons. The fourth-order valence-electron chi connectivity index (χ4n) is 5.15. The van der Waals surface area contributed by atoms with E-state index >= 15 is 0 Å². The molecular formula is C28H26N2O5.